The van der Waals surface area contributed by atoms with E-state index in [0.29, 0.717) is 24.8 Å². The third-order valence-electron chi connectivity index (χ3n) is 3.19. The van der Waals surface area contributed by atoms with Gasteiger partial charge in [-0.1, -0.05) is 19.1 Å². The molecule has 0 radical (unpaired) electrons. The van der Waals surface area contributed by atoms with Gasteiger partial charge in [0.1, 0.15) is 5.75 Å². The van der Waals surface area contributed by atoms with Crippen molar-refractivity contribution >= 4 is 11.8 Å². The highest BCUT2D eigenvalue weighted by molar-refractivity contribution is 5.89. The molecule has 0 aliphatic rings. The molecule has 0 fully saturated rings. The van der Waals surface area contributed by atoms with E-state index < -0.39 is 11.9 Å². The van der Waals surface area contributed by atoms with Crippen LogP contribution in [-0.4, -0.2) is 27.1 Å². The van der Waals surface area contributed by atoms with Crippen LogP contribution in [-0.2, 0) is 22.6 Å². The summed E-state index contributed by atoms with van der Waals surface area (Å²) in [4.78, 5) is 22.3. The van der Waals surface area contributed by atoms with E-state index in [0.717, 1.165) is 5.56 Å². The number of rotatable bonds is 8. The van der Waals surface area contributed by atoms with Crippen LogP contribution < -0.4 is 0 Å². The average Bonchev–Trinajstić information content (AvgIpc) is 2.46. The number of aliphatic hydroxyl groups is 1. The number of carboxylic acids is 1. The van der Waals surface area contributed by atoms with Crippen LogP contribution in [0, 0.1) is 5.92 Å². The summed E-state index contributed by atoms with van der Waals surface area (Å²) < 4.78 is 0. The van der Waals surface area contributed by atoms with Crippen LogP contribution in [0.25, 0.3) is 0 Å². The first-order chi connectivity index (χ1) is 9.93. The summed E-state index contributed by atoms with van der Waals surface area (Å²) in [5.74, 6) is -1.42. The molecule has 3 N–H and O–H groups in total. The van der Waals surface area contributed by atoms with Crippen LogP contribution in [0.5, 0.6) is 5.75 Å². The summed E-state index contributed by atoms with van der Waals surface area (Å²) in [7, 11) is 0. The average molecular weight is 292 g/mol. The first-order valence-corrected chi connectivity index (χ1v) is 6.77. The number of hydrogen-bond acceptors (Lipinski definition) is 4. The van der Waals surface area contributed by atoms with Gasteiger partial charge in [0.2, 0.25) is 0 Å². The number of phenols is 1. The van der Waals surface area contributed by atoms with Gasteiger partial charge in [0.05, 0.1) is 12.5 Å². The molecular weight excluding hydrogens is 272 g/mol. The molecule has 5 nitrogen and oxygen atoms in total. The number of aryl methyl sites for hydroxylation is 1. The first kappa shape index (κ1) is 16.9. The van der Waals surface area contributed by atoms with Gasteiger partial charge in [-0.15, -0.1) is 0 Å². The molecule has 1 aromatic carbocycles. The van der Waals surface area contributed by atoms with Crippen molar-refractivity contribution < 1.29 is 24.9 Å². The fraction of sp³-hybridized carbons (Fsp3) is 0.375. The Balaban J connectivity index is 2.46. The van der Waals surface area contributed by atoms with Crippen molar-refractivity contribution in [1.82, 2.24) is 0 Å². The van der Waals surface area contributed by atoms with Gasteiger partial charge in [-0.3, -0.25) is 9.59 Å². The highest BCUT2D eigenvalue weighted by Gasteiger charge is 2.08. The van der Waals surface area contributed by atoms with Crippen LogP contribution in [0.15, 0.2) is 30.4 Å². The fourth-order valence-electron chi connectivity index (χ4n) is 1.78. The zero-order chi connectivity index (χ0) is 15.8. The monoisotopic (exact) mass is 292 g/mol. The normalized spacial score (nSPS) is 12.5. The predicted octanol–water partition coefficient (Wildman–Crippen LogP) is 2.05. The second kappa shape index (κ2) is 8.21. The smallest absolute Gasteiger partial charge is 0.306 e. The second-order valence-electron chi connectivity index (χ2n) is 4.96. The van der Waals surface area contributed by atoms with Gasteiger partial charge in [-0.2, -0.15) is 0 Å². The van der Waals surface area contributed by atoms with Gasteiger partial charge in [0.25, 0.3) is 0 Å². The summed E-state index contributed by atoms with van der Waals surface area (Å²) in [6.07, 6.45) is 4.12. The van der Waals surface area contributed by atoms with Crippen molar-refractivity contribution in [2.45, 2.75) is 32.8 Å². The van der Waals surface area contributed by atoms with Crippen molar-refractivity contribution in [2.75, 3.05) is 0 Å². The molecule has 1 aromatic rings. The minimum absolute atomic E-state index is 0.0372. The molecule has 1 unspecified atom stereocenters. The summed E-state index contributed by atoms with van der Waals surface area (Å²) in [5.41, 5.74) is 1.29. The van der Waals surface area contributed by atoms with Crippen LogP contribution in [0.3, 0.4) is 0 Å². The Labute approximate surface area is 123 Å². The van der Waals surface area contributed by atoms with Crippen molar-refractivity contribution in [3.63, 3.8) is 0 Å². The first-order valence-electron chi connectivity index (χ1n) is 6.77. The van der Waals surface area contributed by atoms with Gasteiger partial charge in [-0.25, -0.2) is 0 Å². The molecule has 0 aromatic heterocycles. The zero-order valence-corrected chi connectivity index (χ0v) is 12.0. The Kier molecular flexibility index (Phi) is 6.62. The van der Waals surface area contributed by atoms with E-state index in [1.54, 1.807) is 25.1 Å². The molecule has 21 heavy (non-hydrogen) atoms. The van der Waals surface area contributed by atoms with E-state index in [9.17, 15) is 14.7 Å². The van der Waals surface area contributed by atoms with E-state index in [2.05, 4.69) is 0 Å². The van der Waals surface area contributed by atoms with E-state index in [-0.39, 0.29) is 18.1 Å². The molecule has 0 amide bonds. The van der Waals surface area contributed by atoms with Crippen LogP contribution >= 0.6 is 0 Å². The maximum absolute atomic E-state index is 11.7. The molecule has 0 saturated heterocycles. The van der Waals surface area contributed by atoms with Crippen molar-refractivity contribution in [3.05, 3.63) is 41.5 Å². The lowest BCUT2D eigenvalue weighted by Crippen LogP contribution is -2.08. The van der Waals surface area contributed by atoms with Crippen molar-refractivity contribution in [3.8, 4) is 5.75 Å². The number of allylic oxidation sites excluding steroid dienone is 2. The van der Waals surface area contributed by atoms with E-state index in [1.165, 1.54) is 12.1 Å². The maximum atomic E-state index is 11.7. The van der Waals surface area contributed by atoms with Gasteiger partial charge in [0.15, 0.2) is 5.78 Å². The summed E-state index contributed by atoms with van der Waals surface area (Å²) in [6, 6.07) is 4.87. The number of benzene rings is 1. The Morgan fingerprint density at radius 1 is 1.33 bits per heavy atom. The molecule has 0 aliphatic carbocycles. The van der Waals surface area contributed by atoms with Gasteiger partial charge >= 0.3 is 5.97 Å². The van der Waals surface area contributed by atoms with Crippen LogP contribution in [0.4, 0.5) is 0 Å². The lowest BCUT2D eigenvalue weighted by Gasteiger charge is -2.05. The van der Waals surface area contributed by atoms with Crippen LogP contribution in [0.2, 0.25) is 0 Å². The van der Waals surface area contributed by atoms with Crippen molar-refractivity contribution in [1.29, 1.82) is 0 Å². The Morgan fingerprint density at radius 2 is 2.05 bits per heavy atom. The summed E-state index contributed by atoms with van der Waals surface area (Å²) in [6.45, 7) is 1.34. The Hall–Kier alpha value is -2.14. The van der Waals surface area contributed by atoms with E-state index in [4.69, 9.17) is 10.2 Å². The molecule has 1 atom stereocenters. The summed E-state index contributed by atoms with van der Waals surface area (Å²) in [5, 5.41) is 27.2. The van der Waals surface area contributed by atoms with Gasteiger partial charge in [-0.05, 0) is 36.6 Å². The molecule has 1 rings (SSSR count). The number of aliphatic carboxylic acids is 1. The highest BCUT2D eigenvalue weighted by atomic mass is 16.4. The van der Waals surface area contributed by atoms with Crippen LogP contribution in [0.1, 0.15) is 30.9 Å². The van der Waals surface area contributed by atoms with Crippen molar-refractivity contribution in [2.24, 2.45) is 5.92 Å². The lowest BCUT2D eigenvalue weighted by atomic mass is 10.0. The number of aliphatic hydroxyl groups excluding tert-OH is 1. The molecule has 0 aliphatic heterocycles. The number of hydrogen-bond donors (Lipinski definition) is 3. The molecule has 0 spiro atoms. The standard InChI is InChI=1S/C16H20O5/c1-11(16(20)21)3-2-4-14(18)7-5-12-6-8-15(19)13(9-12)10-17/h2,4,6,8-9,11,17,19H,3,5,7,10H2,1H3,(H,20,21)/b4-2+. The second-order valence-corrected chi connectivity index (χ2v) is 4.96. The Morgan fingerprint density at radius 3 is 2.67 bits per heavy atom. The third kappa shape index (κ3) is 5.79. The molecule has 0 saturated carbocycles. The quantitative estimate of drug-likeness (QED) is 0.637. The minimum Gasteiger partial charge on any atom is -0.508 e. The maximum Gasteiger partial charge on any atom is 0.306 e. The van der Waals surface area contributed by atoms with E-state index in [1.807, 2.05) is 0 Å². The number of carbonyl (C=O) groups excluding carboxylic acids is 1. The minimum atomic E-state index is -0.882. The molecule has 114 valence electrons. The topological polar surface area (TPSA) is 94.8 Å². The Bertz CT molecular complexity index is 533. The summed E-state index contributed by atoms with van der Waals surface area (Å²) >= 11 is 0. The number of carboxylic acid groups (broad SMARTS) is 1. The molecule has 5 heteroatoms. The molecule has 0 heterocycles. The molecular formula is C16H20O5. The third-order valence-corrected chi connectivity index (χ3v) is 3.19. The number of ketones is 1. The van der Waals surface area contributed by atoms with Gasteiger partial charge < -0.3 is 15.3 Å². The molecule has 0 bridgehead atoms. The predicted molar refractivity (Wildman–Crippen MR) is 77.9 cm³/mol. The van der Waals surface area contributed by atoms with Gasteiger partial charge in [0, 0.05) is 12.0 Å². The van der Waals surface area contributed by atoms with E-state index >= 15 is 0 Å². The number of aromatic hydroxyl groups is 1. The zero-order valence-electron chi connectivity index (χ0n) is 12.0. The number of carbonyl (C=O) groups is 2. The lowest BCUT2D eigenvalue weighted by molar-refractivity contribution is -0.141. The SMILES string of the molecule is CC(C/C=C/C(=O)CCc1ccc(O)c(CO)c1)C(=O)O. The highest BCUT2D eigenvalue weighted by Crippen LogP contribution is 2.19. The fourth-order valence-corrected chi connectivity index (χ4v) is 1.78. The largest absolute Gasteiger partial charge is 0.508 e.